The molecule has 0 atom stereocenters. The SMILES string of the molecule is Cc1ccccc1-n1ccnc1SCC(=O)NCCNc1ncccn1. The maximum absolute atomic E-state index is 12.0. The van der Waals surface area contributed by atoms with Crippen LogP contribution in [0.3, 0.4) is 0 Å². The third kappa shape index (κ3) is 4.82. The predicted molar refractivity (Wildman–Crippen MR) is 103 cm³/mol. The molecule has 0 unspecified atom stereocenters. The molecule has 2 heterocycles. The molecule has 3 rings (SSSR count). The van der Waals surface area contributed by atoms with Crippen molar-refractivity contribution < 1.29 is 4.79 Å². The van der Waals surface area contributed by atoms with Crippen LogP contribution in [-0.4, -0.2) is 44.3 Å². The van der Waals surface area contributed by atoms with Crippen LogP contribution in [0.5, 0.6) is 0 Å². The van der Waals surface area contributed by atoms with Crippen LogP contribution in [0, 0.1) is 6.92 Å². The first kappa shape index (κ1) is 17.9. The lowest BCUT2D eigenvalue weighted by Gasteiger charge is -2.10. The smallest absolute Gasteiger partial charge is 0.230 e. The zero-order valence-corrected chi connectivity index (χ0v) is 15.2. The molecule has 0 fully saturated rings. The van der Waals surface area contributed by atoms with E-state index in [1.54, 1.807) is 24.7 Å². The van der Waals surface area contributed by atoms with E-state index in [4.69, 9.17) is 0 Å². The van der Waals surface area contributed by atoms with Crippen molar-refractivity contribution >= 4 is 23.6 Å². The summed E-state index contributed by atoms with van der Waals surface area (Å²) in [6, 6.07) is 9.85. The largest absolute Gasteiger partial charge is 0.354 e. The van der Waals surface area contributed by atoms with E-state index in [9.17, 15) is 4.79 Å². The molecule has 8 heteroatoms. The van der Waals surface area contributed by atoms with Crippen LogP contribution in [0.25, 0.3) is 5.69 Å². The molecule has 0 spiro atoms. The van der Waals surface area contributed by atoms with Gasteiger partial charge >= 0.3 is 0 Å². The molecule has 1 aromatic carbocycles. The lowest BCUT2D eigenvalue weighted by Crippen LogP contribution is -2.30. The Labute approximate surface area is 156 Å². The van der Waals surface area contributed by atoms with E-state index in [1.165, 1.54) is 11.8 Å². The first-order chi connectivity index (χ1) is 12.7. The third-order valence-electron chi connectivity index (χ3n) is 3.61. The molecule has 0 aliphatic rings. The van der Waals surface area contributed by atoms with Gasteiger partial charge in [0, 0.05) is 37.9 Å². The zero-order chi connectivity index (χ0) is 18.2. The van der Waals surface area contributed by atoms with E-state index in [0.29, 0.717) is 24.8 Å². The minimum absolute atomic E-state index is 0.0369. The fraction of sp³-hybridized carbons (Fsp3) is 0.222. The third-order valence-corrected chi connectivity index (χ3v) is 4.58. The van der Waals surface area contributed by atoms with Gasteiger partial charge in [0.25, 0.3) is 0 Å². The molecule has 0 aliphatic heterocycles. The number of hydrogen-bond donors (Lipinski definition) is 2. The molecule has 134 valence electrons. The summed E-state index contributed by atoms with van der Waals surface area (Å²) in [4.78, 5) is 24.5. The van der Waals surface area contributed by atoms with E-state index in [2.05, 4.69) is 38.6 Å². The summed E-state index contributed by atoms with van der Waals surface area (Å²) in [6.45, 7) is 3.13. The van der Waals surface area contributed by atoms with Gasteiger partial charge in [-0.2, -0.15) is 0 Å². The Bertz CT molecular complexity index is 852. The van der Waals surface area contributed by atoms with Gasteiger partial charge in [0.05, 0.1) is 11.4 Å². The summed E-state index contributed by atoms with van der Waals surface area (Å²) in [5.74, 6) is 0.826. The minimum atomic E-state index is -0.0369. The molecule has 0 saturated heterocycles. The predicted octanol–water partition coefficient (Wildman–Crippen LogP) is 2.29. The van der Waals surface area contributed by atoms with Gasteiger partial charge in [0.15, 0.2) is 5.16 Å². The monoisotopic (exact) mass is 368 g/mol. The summed E-state index contributed by atoms with van der Waals surface area (Å²) >= 11 is 1.41. The molecular weight excluding hydrogens is 348 g/mol. The molecule has 1 amide bonds. The van der Waals surface area contributed by atoms with Crippen LogP contribution in [-0.2, 0) is 4.79 Å². The zero-order valence-electron chi connectivity index (χ0n) is 14.4. The van der Waals surface area contributed by atoms with Crippen LogP contribution in [0.15, 0.2) is 60.3 Å². The topological polar surface area (TPSA) is 84.7 Å². The van der Waals surface area contributed by atoms with Crippen molar-refractivity contribution in [2.45, 2.75) is 12.1 Å². The number of para-hydroxylation sites is 1. The lowest BCUT2D eigenvalue weighted by atomic mass is 10.2. The highest BCUT2D eigenvalue weighted by molar-refractivity contribution is 7.99. The van der Waals surface area contributed by atoms with Gasteiger partial charge < -0.3 is 10.6 Å². The molecule has 7 nitrogen and oxygen atoms in total. The Morgan fingerprint density at radius 3 is 2.69 bits per heavy atom. The lowest BCUT2D eigenvalue weighted by molar-refractivity contribution is -0.118. The Morgan fingerprint density at radius 1 is 1.08 bits per heavy atom. The van der Waals surface area contributed by atoms with Gasteiger partial charge in [-0.3, -0.25) is 9.36 Å². The number of aryl methyl sites for hydroxylation is 1. The van der Waals surface area contributed by atoms with Gasteiger partial charge in [-0.25, -0.2) is 15.0 Å². The molecule has 3 aromatic rings. The summed E-state index contributed by atoms with van der Waals surface area (Å²) in [7, 11) is 0. The van der Waals surface area contributed by atoms with Crippen LogP contribution in [0.2, 0.25) is 0 Å². The van der Waals surface area contributed by atoms with Crippen molar-refractivity contribution in [2.24, 2.45) is 0 Å². The van der Waals surface area contributed by atoms with Crippen LogP contribution in [0.1, 0.15) is 5.56 Å². The number of hydrogen-bond acceptors (Lipinski definition) is 6. The maximum atomic E-state index is 12.0. The Hall–Kier alpha value is -2.87. The highest BCUT2D eigenvalue weighted by atomic mass is 32.2. The average Bonchev–Trinajstić information content (AvgIpc) is 3.13. The number of imidazole rings is 1. The molecule has 0 saturated carbocycles. The number of nitrogens with zero attached hydrogens (tertiary/aromatic N) is 4. The minimum Gasteiger partial charge on any atom is -0.354 e. The number of carbonyl (C=O) groups excluding carboxylic acids is 1. The van der Waals surface area contributed by atoms with Crippen LogP contribution in [0.4, 0.5) is 5.95 Å². The number of carbonyl (C=O) groups is 1. The normalized spacial score (nSPS) is 10.5. The van der Waals surface area contributed by atoms with Crippen molar-refractivity contribution in [1.29, 1.82) is 0 Å². The molecule has 0 aliphatic carbocycles. The summed E-state index contributed by atoms with van der Waals surface area (Å²) < 4.78 is 2.00. The quantitative estimate of drug-likeness (QED) is 0.469. The second-order valence-corrected chi connectivity index (χ2v) is 6.45. The van der Waals surface area contributed by atoms with E-state index >= 15 is 0 Å². The maximum Gasteiger partial charge on any atom is 0.230 e. The fourth-order valence-electron chi connectivity index (χ4n) is 2.36. The molecular formula is C18H20N6OS. The Kier molecular flexibility index (Phi) is 6.21. The summed E-state index contributed by atoms with van der Waals surface area (Å²) in [6.07, 6.45) is 6.99. The number of benzene rings is 1. The molecule has 2 N–H and O–H groups in total. The van der Waals surface area contributed by atoms with Crippen molar-refractivity contribution in [3.8, 4) is 5.69 Å². The molecule has 0 bridgehead atoms. The van der Waals surface area contributed by atoms with Crippen molar-refractivity contribution in [3.63, 3.8) is 0 Å². The standard InChI is InChI=1S/C18H20N6OS/c1-14-5-2-3-6-15(14)24-12-11-23-18(24)26-13-16(25)19-9-10-22-17-20-7-4-8-21-17/h2-8,11-12H,9-10,13H2,1H3,(H,19,25)(H,20,21,22). The number of amides is 1. The Morgan fingerprint density at radius 2 is 1.88 bits per heavy atom. The van der Waals surface area contributed by atoms with E-state index < -0.39 is 0 Å². The highest BCUT2D eigenvalue weighted by Crippen LogP contribution is 2.22. The number of thioether (sulfide) groups is 1. The number of rotatable bonds is 8. The number of aromatic nitrogens is 4. The first-order valence-corrected chi connectivity index (χ1v) is 9.22. The van der Waals surface area contributed by atoms with Gasteiger partial charge in [0.1, 0.15) is 0 Å². The van der Waals surface area contributed by atoms with E-state index in [1.807, 2.05) is 29.0 Å². The van der Waals surface area contributed by atoms with Crippen molar-refractivity contribution in [2.75, 3.05) is 24.2 Å². The second kappa shape index (κ2) is 9.00. The summed E-state index contributed by atoms with van der Waals surface area (Å²) in [5, 5.41) is 6.71. The summed E-state index contributed by atoms with van der Waals surface area (Å²) in [5.41, 5.74) is 2.23. The Balaban J connectivity index is 1.45. The van der Waals surface area contributed by atoms with E-state index in [0.717, 1.165) is 16.4 Å². The van der Waals surface area contributed by atoms with Crippen molar-refractivity contribution in [1.82, 2.24) is 24.8 Å². The molecule has 2 aromatic heterocycles. The number of nitrogens with one attached hydrogen (secondary N) is 2. The second-order valence-electron chi connectivity index (χ2n) is 5.50. The van der Waals surface area contributed by atoms with Crippen LogP contribution < -0.4 is 10.6 Å². The van der Waals surface area contributed by atoms with Gasteiger partial charge in [-0.05, 0) is 24.6 Å². The molecule has 26 heavy (non-hydrogen) atoms. The van der Waals surface area contributed by atoms with Gasteiger partial charge in [-0.1, -0.05) is 30.0 Å². The fourth-order valence-corrected chi connectivity index (χ4v) is 3.16. The first-order valence-electron chi connectivity index (χ1n) is 8.24. The molecule has 0 radical (unpaired) electrons. The van der Waals surface area contributed by atoms with Gasteiger partial charge in [-0.15, -0.1) is 0 Å². The number of anilines is 1. The van der Waals surface area contributed by atoms with Crippen LogP contribution >= 0.6 is 11.8 Å². The highest BCUT2D eigenvalue weighted by Gasteiger charge is 2.10. The average molecular weight is 368 g/mol. The van der Waals surface area contributed by atoms with Crippen molar-refractivity contribution in [3.05, 3.63) is 60.7 Å². The van der Waals surface area contributed by atoms with Gasteiger partial charge in [0.2, 0.25) is 11.9 Å². The van der Waals surface area contributed by atoms with E-state index in [-0.39, 0.29) is 5.91 Å².